The number of aromatic nitrogens is 2. The minimum Gasteiger partial charge on any atom is -0.406 e. The van der Waals surface area contributed by atoms with Crippen molar-refractivity contribution in [1.82, 2.24) is 9.78 Å². The summed E-state index contributed by atoms with van der Waals surface area (Å²) in [6.45, 7) is -1.35. The molecule has 0 spiro atoms. The minimum atomic E-state index is -4.92. The summed E-state index contributed by atoms with van der Waals surface area (Å²) in [6.07, 6.45) is -7.41. The van der Waals surface area contributed by atoms with Gasteiger partial charge in [-0.15, -0.1) is 13.2 Å². The first-order valence-corrected chi connectivity index (χ1v) is 5.97. The summed E-state index contributed by atoms with van der Waals surface area (Å²) in [6, 6.07) is 4.68. The molecule has 2 rings (SSSR count). The van der Waals surface area contributed by atoms with Gasteiger partial charge in [-0.3, -0.25) is 4.68 Å². The van der Waals surface area contributed by atoms with Crippen LogP contribution in [0.1, 0.15) is 5.56 Å². The highest BCUT2D eigenvalue weighted by Crippen LogP contribution is 2.31. The van der Waals surface area contributed by atoms with Crippen molar-refractivity contribution in [3.05, 3.63) is 36.2 Å². The molecule has 0 N–H and O–H groups in total. The Morgan fingerprint density at radius 2 is 1.87 bits per heavy atom. The van der Waals surface area contributed by atoms with Crippen LogP contribution in [0.5, 0.6) is 5.75 Å². The molecule has 122 valence electrons. The van der Waals surface area contributed by atoms with Crippen molar-refractivity contribution in [1.29, 1.82) is 5.26 Å². The number of ether oxygens (including phenoxy) is 1. The fourth-order valence-electron chi connectivity index (χ4n) is 1.83. The number of rotatable bonds is 3. The van der Waals surface area contributed by atoms with Crippen molar-refractivity contribution in [2.75, 3.05) is 0 Å². The van der Waals surface area contributed by atoms with Crippen molar-refractivity contribution >= 4 is 0 Å². The lowest BCUT2D eigenvalue weighted by Crippen LogP contribution is -2.17. The fourth-order valence-corrected chi connectivity index (χ4v) is 1.83. The van der Waals surface area contributed by atoms with E-state index in [1.54, 1.807) is 6.07 Å². The zero-order valence-electron chi connectivity index (χ0n) is 11.1. The maximum Gasteiger partial charge on any atom is 0.573 e. The lowest BCUT2D eigenvalue weighted by Gasteiger charge is -2.10. The summed E-state index contributed by atoms with van der Waals surface area (Å²) in [4.78, 5) is 0. The summed E-state index contributed by atoms with van der Waals surface area (Å²) in [5.41, 5.74) is 0.0344. The van der Waals surface area contributed by atoms with E-state index < -0.39 is 24.8 Å². The molecule has 1 aromatic heterocycles. The molecule has 0 amide bonds. The topological polar surface area (TPSA) is 50.8 Å². The van der Waals surface area contributed by atoms with Gasteiger partial charge in [-0.2, -0.15) is 23.5 Å². The number of hydrogen-bond acceptors (Lipinski definition) is 3. The first-order chi connectivity index (χ1) is 10.6. The average Bonchev–Trinajstić information content (AvgIpc) is 2.82. The first-order valence-electron chi connectivity index (χ1n) is 5.97. The third-order valence-electron chi connectivity index (χ3n) is 2.63. The molecule has 10 heteroatoms. The first kappa shape index (κ1) is 16.7. The molecule has 0 fully saturated rings. The van der Waals surface area contributed by atoms with E-state index in [2.05, 4.69) is 9.84 Å². The van der Waals surface area contributed by atoms with Gasteiger partial charge in [-0.1, -0.05) is 0 Å². The lowest BCUT2D eigenvalue weighted by molar-refractivity contribution is -0.274. The van der Waals surface area contributed by atoms with Gasteiger partial charge in [0.25, 0.3) is 0 Å². The molecular weight excluding hydrogens is 328 g/mol. The van der Waals surface area contributed by atoms with Crippen LogP contribution in [0, 0.1) is 11.3 Å². The predicted octanol–water partition coefficient (Wildman–Crippen LogP) is 3.88. The van der Waals surface area contributed by atoms with Crippen molar-refractivity contribution in [3.63, 3.8) is 0 Å². The molecule has 0 saturated heterocycles. The van der Waals surface area contributed by atoms with Gasteiger partial charge in [0.1, 0.15) is 12.3 Å². The largest absolute Gasteiger partial charge is 0.573 e. The molecule has 0 saturated carbocycles. The number of halogens is 6. The maximum atomic E-state index is 12.3. The quantitative estimate of drug-likeness (QED) is 0.800. The van der Waals surface area contributed by atoms with Gasteiger partial charge in [0.05, 0.1) is 17.8 Å². The van der Waals surface area contributed by atoms with Crippen molar-refractivity contribution in [2.24, 2.45) is 0 Å². The molecule has 2 aromatic rings. The molecule has 0 aliphatic heterocycles. The van der Waals surface area contributed by atoms with Crippen molar-refractivity contribution in [2.45, 2.75) is 19.1 Å². The minimum absolute atomic E-state index is 0.0114. The molecule has 0 unspecified atom stereocenters. The smallest absolute Gasteiger partial charge is 0.406 e. The maximum absolute atomic E-state index is 12.3. The van der Waals surface area contributed by atoms with Crippen LogP contribution >= 0.6 is 0 Å². The SMILES string of the molecule is N#Cc1ccc(OC(F)(F)F)cc1-c1cnn(CC(F)(F)F)c1. The van der Waals surface area contributed by atoms with E-state index >= 15 is 0 Å². The molecule has 4 nitrogen and oxygen atoms in total. The summed E-state index contributed by atoms with van der Waals surface area (Å²) in [7, 11) is 0. The van der Waals surface area contributed by atoms with E-state index in [0.29, 0.717) is 4.68 Å². The molecule has 0 atom stereocenters. The summed E-state index contributed by atoms with van der Waals surface area (Å²) in [5, 5.41) is 12.5. The van der Waals surface area contributed by atoms with Crippen LogP contribution in [0.15, 0.2) is 30.6 Å². The van der Waals surface area contributed by atoms with Gasteiger partial charge in [0.15, 0.2) is 0 Å². The van der Waals surface area contributed by atoms with Gasteiger partial charge in [0.2, 0.25) is 0 Å². The monoisotopic (exact) mass is 335 g/mol. The third-order valence-corrected chi connectivity index (χ3v) is 2.63. The van der Waals surface area contributed by atoms with Crippen LogP contribution in [0.25, 0.3) is 11.1 Å². The van der Waals surface area contributed by atoms with Crippen molar-refractivity contribution in [3.8, 4) is 22.9 Å². The Kier molecular flexibility index (Phi) is 4.22. The Bertz CT molecular complexity index is 741. The number of nitriles is 1. The van der Waals surface area contributed by atoms with E-state index in [1.165, 1.54) is 0 Å². The van der Waals surface area contributed by atoms with Gasteiger partial charge in [0, 0.05) is 17.3 Å². The normalized spacial score (nSPS) is 12.0. The van der Waals surface area contributed by atoms with Crippen LogP contribution in [-0.2, 0) is 6.54 Å². The highest BCUT2D eigenvalue weighted by molar-refractivity contribution is 5.71. The predicted molar refractivity (Wildman–Crippen MR) is 65.1 cm³/mol. The van der Waals surface area contributed by atoms with E-state index in [9.17, 15) is 26.3 Å². The Morgan fingerprint density at radius 1 is 1.17 bits per heavy atom. The van der Waals surface area contributed by atoms with Crippen LogP contribution in [0.3, 0.4) is 0 Å². The second-order valence-corrected chi connectivity index (χ2v) is 4.41. The molecular formula is C13H7F6N3O. The standard InChI is InChI=1S/C13H7F6N3O/c14-12(15,16)7-22-6-9(5-21-22)11-3-10(23-13(17,18)19)2-1-8(11)4-20/h1-3,5-6H,7H2. The summed E-state index contributed by atoms with van der Waals surface area (Å²) < 4.78 is 77.8. The molecule has 1 heterocycles. The molecule has 0 aliphatic rings. The number of hydrogen-bond donors (Lipinski definition) is 0. The lowest BCUT2D eigenvalue weighted by atomic mass is 10.0. The van der Waals surface area contributed by atoms with E-state index in [4.69, 9.17) is 5.26 Å². The zero-order chi connectivity index (χ0) is 17.3. The molecule has 23 heavy (non-hydrogen) atoms. The van der Waals surface area contributed by atoms with E-state index in [-0.39, 0.29) is 16.7 Å². The second-order valence-electron chi connectivity index (χ2n) is 4.41. The van der Waals surface area contributed by atoms with Gasteiger partial charge in [-0.05, 0) is 18.2 Å². The average molecular weight is 335 g/mol. The molecule has 0 aliphatic carbocycles. The zero-order valence-corrected chi connectivity index (χ0v) is 11.1. The number of alkyl halides is 6. The Labute approximate surface area is 125 Å². The van der Waals surface area contributed by atoms with Crippen LogP contribution in [0.2, 0.25) is 0 Å². The molecule has 0 bridgehead atoms. The van der Waals surface area contributed by atoms with Gasteiger partial charge in [-0.25, -0.2) is 0 Å². The van der Waals surface area contributed by atoms with Crippen LogP contribution < -0.4 is 4.74 Å². The number of nitrogens with zero attached hydrogens (tertiary/aromatic N) is 3. The van der Waals surface area contributed by atoms with Gasteiger partial charge < -0.3 is 4.74 Å². The van der Waals surface area contributed by atoms with E-state index in [1.807, 2.05) is 0 Å². The highest BCUT2D eigenvalue weighted by Gasteiger charge is 2.31. The van der Waals surface area contributed by atoms with Crippen LogP contribution in [0.4, 0.5) is 26.3 Å². The third kappa shape index (κ3) is 4.64. The highest BCUT2D eigenvalue weighted by atomic mass is 19.4. The Morgan fingerprint density at radius 3 is 2.43 bits per heavy atom. The van der Waals surface area contributed by atoms with Crippen LogP contribution in [-0.4, -0.2) is 22.3 Å². The second kappa shape index (κ2) is 5.83. The fraction of sp³-hybridized carbons (Fsp3) is 0.231. The summed E-state index contributed by atoms with van der Waals surface area (Å²) >= 11 is 0. The molecule has 1 aromatic carbocycles. The number of benzene rings is 1. The Balaban J connectivity index is 2.38. The summed E-state index contributed by atoms with van der Waals surface area (Å²) in [5.74, 6) is -0.588. The van der Waals surface area contributed by atoms with E-state index in [0.717, 1.165) is 30.6 Å². The van der Waals surface area contributed by atoms with Gasteiger partial charge >= 0.3 is 12.5 Å². The Hall–Kier alpha value is -2.70. The van der Waals surface area contributed by atoms with Crippen molar-refractivity contribution < 1.29 is 31.1 Å². The molecule has 0 radical (unpaired) electrons.